The van der Waals surface area contributed by atoms with Crippen LogP contribution in [-0.2, 0) is 22.4 Å². The third-order valence-corrected chi connectivity index (χ3v) is 0. The molecule has 1 N–H and O–H groups in total. The van der Waals surface area contributed by atoms with Gasteiger partial charge in [-0.2, -0.15) is 48.8 Å². The molecule has 4 nitrogen and oxygen atoms in total. The van der Waals surface area contributed by atoms with Crippen LogP contribution in [0.1, 0.15) is 6.92 Å². The van der Waals surface area contributed by atoms with Crippen molar-refractivity contribution in [3.63, 3.8) is 0 Å². The van der Waals surface area contributed by atoms with Gasteiger partial charge >= 0.3 is 0 Å². The molecule has 0 fully saturated rings. The van der Waals surface area contributed by atoms with E-state index < -0.39 is 0 Å². The van der Waals surface area contributed by atoms with Gasteiger partial charge in [0.25, 0.3) is 0 Å². The van der Waals surface area contributed by atoms with Crippen molar-refractivity contribution in [1.82, 2.24) is 0 Å². The van der Waals surface area contributed by atoms with Crippen LogP contribution in [0.25, 0.3) is 21.7 Å². The van der Waals surface area contributed by atoms with Crippen LogP contribution in [0, 0.1) is 0 Å². The number of hydrogen-bond donors (Lipinski definition) is 0. The largest absolute Gasteiger partial charge is 0.678 e. The van der Waals surface area contributed by atoms with Crippen LogP contribution >= 0.6 is 0 Å². The number of rotatable bonds is 0. The molecule has 0 aliphatic rings. The molecule has 0 amide bonds. The van der Waals surface area contributed by atoms with Crippen molar-refractivity contribution in [3.05, 3.63) is 21.7 Å². The van der Waals surface area contributed by atoms with E-state index in [0.717, 1.165) is 0 Å². The Bertz CT molecular complexity index is 24.1. The van der Waals surface area contributed by atoms with Gasteiger partial charge in [0.15, 0.2) is 0 Å². The molecule has 0 heterocycles. The minimum absolute atomic E-state index is 0. The molecule has 5 heteroatoms. The summed E-state index contributed by atoms with van der Waals surface area (Å²) in [6, 6.07) is 0. The maximum atomic E-state index is 6.21. The van der Waals surface area contributed by atoms with Gasteiger partial charge in [0.05, 0.1) is 0 Å². The fourth-order valence-electron chi connectivity index (χ4n) is 0. The Labute approximate surface area is 99.9 Å². The first-order valence-electron chi connectivity index (χ1n) is 3.74. The predicted molar refractivity (Wildman–Crippen MR) is 60.5 cm³/mol. The minimum atomic E-state index is 0. The molecule has 0 aliphatic carbocycles. The van der Waals surface area contributed by atoms with E-state index in [9.17, 15) is 0 Å². The number of hydrogen-bond acceptors (Lipinski definition) is 0. The van der Waals surface area contributed by atoms with Crippen LogP contribution in [0.5, 0.6) is 0 Å². The number of nitrogens with zero attached hydrogens (tertiary/aromatic N) is 3. The van der Waals surface area contributed by atoms with Crippen molar-refractivity contribution in [2.45, 2.75) is 6.92 Å². The Morgan fingerprint density at radius 3 is 0.769 bits per heavy atom. The topological polar surface area (TPSA) is 66.1 Å². The molecule has 0 bridgehead atoms. The van der Waals surface area contributed by atoms with Gasteiger partial charge in [0, 0.05) is 22.4 Å². The zero-order valence-electron chi connectivity index (χ0n) is 10.00. The first-order valence-corrected chi connectivity index (χ1v) is 3.74. The van der Waals surface area contributed by atoms with Gasteiger partial charge < -0.3 is 21.7 Å². The molecular weight excluding hydrogens is 333 g/mol. The number of nitrogens with one attached hydrogen (secondary N) is 1. The van der Waals surface area contributed by atoms with Gasteiger partial charge in [-0.25, -0.2) is 0 Å². The summed E-state index contributed by atoms with van der Waals surface area (Å²) >= 11 is 0. The zero-order valence-corrected chi connectivity index (χ0v) is 13.2. The van der Waals surface area contributed by atoms with E-state index in [4.69, 9.17) is 5.73 Å². The Hall–Kier alpha value is 0.580. The minimum Gasteiger partial charge on any atom is -0.678 e. The summed E-state index contributed by atoms with van der Waals surface area (Å²) in [5.74, 6) is 0. The molecule has 0 saturated carbocycles. The van der Waals surface area contributed by atoms with Crippen LogP contribution in [0.15, 0.2) is 0 Å². The van der Waals surface area contributed by atoms with Gasteiger partial charge in [-0.1, -0.05) is 6.92 Å². The van der Waals surface area contributed by atoms with Crippen LogP contribution in [0.2, 0.25) is 0 Å². The van der Waals surface area contributed by atoms with Crippen molar-refractivity contribution in [2.24, 2.45) is 0 Å². The first kappa shape index (κ1) is 29.2. The van der Waals surface area contributed by atoms with Gasteiger partial charge in [-0.3, -0.25) is 0 Å². The SMILES string of the molecule is CC[NH-].C[N-]C.C[N-]C.C[N-]C.[Ta]. The molecule has 0 aromatic rings. The van der Waals surface area contributed by atoms with E-state index in [0.29, 0.717) is 6.54 Å². The Morgan fingerprint density at radius 2 is 0.769 bits per heavy atom. The van der Waals surface area contributed by atoms with Crippen molar-refractivity contribution in [2.75, 3.05) is 48.8 Å². The maximum Gasteiger partial charge on any atom is 0 e. The van der Waals surface area contributed by atoms with Gasteiger partial charge in [0.1, 0.15) is 0 Å². The third kappa shape index (κ3) is 4180. The van der Waals surface area contributed by atoms with Gasteiger partial charge in [0.2, 0.25) is 0 Å². The van der Waals surface area contributed by atoms with Crippen LogP contribution < -0.4 is 0 Å². The molecule has 85 valence electrons. The van der Waals surface area contributed by atoms with Crippen LogP contribution in [0.3, 0.4) is 0 Å². The van der Waals surface area contributed by atoms with Crippen molar-refractivity contribution in [3.8, 4) is 0 Å². The Morgan fingerprint density at radius 1 is 0.769 bits per heavy atom. The first-order chi connectivity index (χ1) is 5.66. The fourth-order valence-corrected chi connectivity index (χ4v) is 0. The molecule has 1 radical (unpaired) electrons. The van der Waals surface area contributed by atoms with Crippen molar-refractivity contribution < 1.29 is 22.4 Å². The molecule has 0 unspecified atom stereocenters. The molecule has 0 spiro atoms. The zero-order chi connectivity index (χ0) is 10.8. The second-order valence-electron chi connectivity index (χ2n) is 1.70. The standard InChI is InChI=1S/4C2H6N.Ta/c3*1-3-2;1-2-3;/h3*1-2H3;3H,2H2,1H3;/q4*-1;. The summed E-state index contributed by atoms with van der Waals surface area (Å²) in [5.41, 5.74) is 6.21. The maximum absolute atomic E-state index is 6.21. The normalized spacial score (nSPS) is 5.54. The molecule has 0 atom stereocenters. The summed E-state index contributed by atoms with van der Waals surface area (Å²) in [6.45, 7) is 2.29. The van der Waals surface area contributed by atoms with E-state index >= 15 is 0 Å². The second kappa shape index (κ2) is 80.4. The summed E-state index contributed by atoms with van der Waals surface area (Å²) in [7, 11) is 10.5. The monoisotopic (exact) mass is 357 g/mol. The van der Waals surface area contributed by atoms with E-state index in [-0.39, 0.29) is 22.4 Å². The van der Waals surface area contributed by atoms with Gasteiger partial charge in [-0.15, -0.1) is 0 Å². The molecule has 0 saturated heterocycles. The molecular formula is C8H24N4Ta-4. The van der Waals surface area contributed by atoms with E-state index in [2.05, 4.69) is 16.0 Å². The Balaban J connectivity index is -0.0000000213. The molecule has 0 aliphatic heterocycles. The average Bonchev–Trinajstić information content (AvgIpc) is 1.92. The van der Waals surface area contributed by atoms with Crippen molar-refractivity contribution in [1.29, 1.82) is 0 Å². The third-order valence-electron chi connectivity index (χ3n) is 0. The van der Waals surface area contributed by atoms with E-state index in [1.54, 1.807) is 49.2 Å². The molecule has 0 rings (SSSR count). The van der Waals surface area contributed by atoms with Gasteiger partial charge in [-0.05, 0) is 0 Å². The summed E-state index contributed by atoms with van der Waals surface area (Å²) in [4.78, 5) is 0. The second-order valence-corrected chi connectivity index (χ2v) is 1.70. The van der Waals surface area contributed by atoms with E-state index in [1.807, 2.05) is 0 Å². The fraction of sp³-hybridized carbons (Fsp3) is 1.00. The summed E-state index contributed by atoms with van der Waals surface area (Å²) < 4.78 is 0. The van der Waals surface area contributed by atoms with Crippen LogP contribution in [0.4, 0.5) is 0 Å². The molecule has 0 aromatic heterocycles. The molecule has 13 heavy (non-hydrogen) atoms. The van der Waals surface area contributed by atoms with E-state index in [1.165, 1.54) is 0 Å². The molecule has 0 aromatic carbocycles. The average molecular weight is 357 g/mol. The quantitative estimate of drug-likeness (QED) is 0.640. The summed E-state index contributed by atoms with van der Waals surface area (Å²) in [6.07, 6.45) is 0. The summed E-state index contributed by atoms with van der Waals surface area (Å²) in [5, 5.41) is 10.5. The van der Waals surface area contributed by atoms with Crippen molar-refractivity contribution >= 4 is 0 Å². The van der Waals surface area contributed by atoms with Crippen LogP contribution in [-0.4, -0.2) is 48.8 Å². The smallest absolute Gasteiger partial charge is 0 e. The Kier molecular flexibility index (Phi) is 181. The predicted octanol–water partition coefficient (Wildman–Crippen LogP) is 2.92.